The van der Waals surface area contributed by atoms with Crippen LogP contribution in [0, 0.1) is 13.8 Å². The fourth-order valence-corrected chi connectivity index (χ4v) is 2.52. The van der Waals surface area contributed by atoms with E-state index >= 15 is 0 Å². The Morgan fingerprint density at radius 2 is 1.78 bits per heavy atom. The summed E-state index contributed by atoms with van der Waals surface area (Å²) in [5.41, 5.74) is 1.10. The first-order chi connectivity index (χ1) is 8.51. The average Bonchev–Trinajstić information content (AvgIpc) is 2.30. The van der Waals surface area contributed by atoms with Crippen molar-refractivity contribution in [3.8, 4) is 0 Å². The molecule has 2 heterocycles. The van der Waals surface area contributed by atoms with Crippen molar-refractivity contribution in [2.45, 2.75) is 39.9 Å². The van der Waals surface area contributed by atoms with E-state index in [-0.39, 0.29) is 12.2 Å². The molecule has 5 nitrogen and oxygen atoms in total. The summed E-state index contributed by atoms with van der Waals surface area (Å²) in [6, 6.07) is 0. The zero-order chi connectivity index (χ0) is 13.3. The van der Waals surface area contributed by atoms with E-state index in [1.54, 1.807) is 0 Å². The van der Waals surface area contributed by atoms with Gasteiger partial charge in [-0.1, -0.05) is 0 Å². The second kappa shape index (κ2) is 5.10. The van der Waals surface area contributed by atoms with Crippen LogP contribution in [0.3, 0.4) is 0 Å². The monoisotopic (exact) mass is 250 g/mol. The van der Waals surface area contributed by atoms with E-state index in [1.807, 2.05) is 14.0 Å². The molecule has 18 heavy (non-hydrogen) atoms. The molecule has 1 aromatic heterocycles. The Kier molecular flexibility index (Phi) is 3.71. The average molecular weight is 250 g/mol. The number of hydrogen-bond donors (Lipinski definition) is 1. The number of aromatic nitrogens is 2. The summed E-state index contributed by atoms with van der Waals surface area (Å²) >= 11 is 0. The summed E-state index contributed by atoms with van der Waals surface area (Å²) in [5, 5.41) is 3.13. The highest BCUT2D eigenvalue weighted by atomic mass is 16.5. The molecule has 0 radical (unpaired) electrons. The van der Waals surface area contributed by atoms with Gasteiger partial charge in [-0.25, -0.2) is 9.97 Å². The van der Waals surface area contributed by atoms with Crippen LogP contribution in [0.1, 0.15) is 25.2 Å². The molecule has 5 heteroatoms. The summed E-state index contributed by atoms with van der Waals surface area (Å²) < 4.78 is 5.76. The summed E-state index contributed by atoms with van der Waals surface area (Å²) in [6.07, 6.45) is 0.475. The van der Waals surface area contributed by atoms with Crippen LogP contribution in [-0.4, -0.2) is 42.3 Å². The first-order valence-electron chi connectivity index (χ1n) is 6.44. The molecule has 0 aromatic carbocycles. The number of anilines is 2. The van der Waals surface area contributed by atoms with Gasteiger partial charge in [0.05, 0.1) is 12.2 Å². The van der Waals surface area contributed by atoms with Crippen LogP contribution < -0.4 is 10.2 Å². The van der Waals surface area contributed by atoms with E-state index in [0.717, 1.165) is 36.1 Å². The zero-order valence-corrected chi connectivity index (χ0v) is 11.8. The van der Waals surface area contributed by atoms with Gasteiger partial charge in [-0.05, 0) is 27.7 Å². The summed E-state index contributed by atoms with van der Waals surface area (Å²) in [7, 11) is 1.89. The predicted octanol–water partition coefficient (Wildman–Crippen LogP) is 1.75. The molecule has 1 N–H and O–H groups in total. The standard InChI is InChI=1S/C13H22N4O/c1-8-6-17(7-9(2)18-8)13-10(3)12(14-5)15-11(4)16-13/h8-9H,6-7H2,1-5H3,(H,14,15,16). The van der Waals surface area contributed by atoms with E-state index in [2.05, 4.69) is 41.0 Å². The van der Waals surface area contributed by atoms with Crippen LogP contribution in [0.5, 0.6) is 0 Å². The van der Waals surface area contributed by atoms with Gasteiger partial charge >= 0.3 is 0 Å². The van der Waals surface area contributed by atoms with Crippen molar-refractivity contribution in [3.63, 3.8) is 0 Å². The Labute approximate surface area is 109 Å². The van der Waals surface area contributed by atoms with E-state index in [0.29, 0.717) is 0 Å². The van der Waals surface area contributed by atoms with Crippen molar-refractivity contribution in [2.24, 2.45) is 0 Å². The van der Waals surface area contributed by atoms with Crippen LogP contribution in [-0.2, 0) is 4.74 Å². The molecule has 1 fully saturated rings. The summed E-state index contributed by atoms with van der Waals surface area (Å²) in [5.74, 6) is 2.73. The molecule has 0 bridgehead atoms. The van der Waals surface area contributed by atoms with E-state index in [1.165, 1.54) is 0 Å². The van der Waals surface area contributed by atoms with Gasteiger partial charge in [-0.15, -0.1) is 0 Å². The first kappa shape index (κ1) is 13.1. The van der Waals surface area contributed by atoms with Crippen LogP contribution in [0.2, 0.25) is 0 Å². The van der Waals surface area contributed by atoms with Gasteiger partial charge in [-0.2, -0.15) is 0 Å². The highest BCUT2D eigenvalue weighted by Gasteiger charge is 2.25. The molecular weight excluding hydrogens is 228 g/mol. The third-order valence-corrected chi connectivity index (χ3v) is 3.19. The van der Waals surface area contributed by atoms with Crippen molar-refractivity contribution in [3.05, 3.63) is 11.4 Å². The van der Waals surface area contributed by atoms with Crippen LogP contribution in [0.15, 0.2) is 0 Å². The summed E-state index contributed by atoms with van der Waals surface area (Å²) in [6.45, 7) is 9.95. The quantitative estimate of drug-likeness (QED) is 0.866. The van der Waals surface area contributed by atoms with Gasteiger partial charge in [0.2, 0.25) is 0 Å². The van der Waals surface area contributed by atoms with Crippen molar-refractivity contribution < 1.29 is 4.74 Å². The second-order valence-corrected chi connectivity index (χ2v) is 4.98. The highest BCUT2D eigenvalue weighted by Crippen LogP contribution is 2.26. The lowest BCUT2D eigenvalue weighted by atomic mass is 10.2. The third-order valence-electron chi connectivity index (χ3n) is 3.19. The topological polar surface area (TPSA) is 50.3 Å². The fraction of sp³-hybridized carbons (Fsp3) is 0.692. The minimum atomic E-state index is 0.237. The molecule has 1 aromatic rings. The van der Waals surface area contributed by atoms with Crippen LogP contribution >= 0.6 is 0 Å². The molecule has 1 aliphatic rings. The lowest BCUT2D eigenvalue weighted by Gasteiger charge is -2.37. The zero-order valence-electron chi connectivity index (χ0n) is 11.8. The Morgan fingerprint density at radius 3 is 2.33 bits per heavy atom. The number of rotatable bonds is 2. The Hall–Kier alpha value is -1.36. The Balaban J connectivity index is 2.35. The number of hydrogen-bond acceptors (Lipinski definition) is 5. The molecule has 0 spiro atoms. The van der Waals surface area contributed by atoms with Gasteiger partial charge < -0.3 is 15.0 Å². The summed E-state index contributed by atoms with van der Waals surface area (Å²) in [4.78, 5) is 11.3. The SMILES string of the molecule is CNc1nc(C)nc(N2CC(C)OC(C)C2)c1C. The van der Waals surface area contributed by atoms with Crippen molar-refractivity contribution in [1.82, 2.24) is 9.97 Å². The van der Waals surface area contributed by atoms with E-state index in [9.17, 15) is 0 Å². The maximum Gasteiger partial charge on any atom is 0.137 e. The number of morpholine rings is 1. The maximum absolute atomic E-state index is 5.76. The van der Waals surface area contributed by atoms with Gasteiger partial charge in [0.15, 0.2) is 0 Å². The molecule has 1 saturated heterocycles. The largest absolute Gasteiger partial charge is 0.373 e. The minimum Gasteiger partial charge on any atom is -0.373 e. The molecular formula is C13H22N4O. The third kappa shape index (κ3) is 2.56. The lowest BCUT2D eigenvalue weighted by molar-refractivity contribution is -0.00550. The van der Waals surface area contributed by atoms with E-state index < -0.39 is 0 Å². The highest BCUT2D eigenvalue weighted by molar-refractivity contribution is 5.58. The molecule has 0 amide bonds. The van der Waals surface area contributed by atoms with Crippen LogP contribution in [0.4, 0.5) is 11.6 Å². The molecule has 0 saturated carbocycles. The first-order valence-corrected chi connectivity index (χ1v) is 6.44. The van der Waals surface area contributed by atoms with Gasteiger partial charge in [-0.3, -0.25) is 0 Å². The Bertz CT molecular complexity index is 425. The lowest BCUT2D eigenvalue weighted by Crippen LogP contribution is -2.46. The number of nitrogens with zero attached hydrogens (tertiary/aromatic N) is 3. The van der Waals surface area contributed by atoms with Crippen molar-refractivity contribution in [2.75, 3.05) is 30.4 Å². The molecule has 0 aliphatic carbocycles. The van der Waals surface area contributed by atoms with Gasteiger partial charge in [0.25, 0.3) is 0 Å². The molecule has 2 unspecified atom stereocenters. The predicted molar refractivity (Wildman–Crippen MR) is 73.3 cm³/mol. The van der Waals surface area contributed by atoms with Gasteiger partial charge in [0.1, 0.15) is 17.5 Å². The fourth-order valence-electron chi connectivity index (χ4n) is 2.52. The van der Waals surface area contributed by atoms with Crippen molar-refractivity contribution >= 4 is 11.6 Å². The van der Waals surface area contributed by atoms with Gasteiger partial charge in [0, 0.05) is 25.7 Å². The number of ether oxygens (including phenoxy) is 1. The Morgan fingerprint density at radius 1 is 1.17 bits per heavy atom. The number of nitrogens with one attached hydrogen (secondary N) is 1. The molecule has 2 atom stereocenters. The smallest absolute Gasteiger partial charge is 0.137 e. The molecule has 2 rings (SSSR count). The van der Waals surface area contributed by atoms with E-state index in [4.69, 9.17) is 4.74 Å². The van der Waals surface area contributed by atoms with Crippen molar-refractivity contribution in [1.29, 1.82) is 0 Å². The second-order valence-electron chi connectivity index (χ2n) is 4.98. The minimum absolute atomic E-state index is 0.237. The van der Waals surface area contributed by atoms with Crippen LogP contribution in [0.25, 0.3) is 0 Å². The normalized spacial score (nSPS) is 24.2. The maximum atomic E-state index is 5.76. The molecule has 1 aliphatic heterocycles. The number of aryl methyl sites for hydroxylation is 1. The molecule has 100 valence electrons.